The Labute approximate surface area is 193 Å². The van der Waals surface area contributed by atoms with Gasteiger partial charge in [0.15, 0.2) is 0 Å². The molecule has 2 aromatic heterocycles. The monoisotopic (exact) mass is 452 g/mol. The number of rotatable bonds is 8. The van der Waals surface area contributed by atoms with Crippen molar-refractivity contribution in [2.75, 3.05) is 13.2 Å². The number of aryl methyl sites for hydroxylation is 3. The predicted octanol–water partition coefficient (Wildman–Crippen LogP) is 4.29. The quantitative estimate of drug-likeness (QED) is 0.410. The summed E-state index contributed by atoms with van der Waals surface area (Å²) < 4.78 is 0. The van der Waals surface area contributed by atoms with Crippen LogP contribution in [0.4, 0.5) is 0 Å². The molecule has 0 bridgehead atoms. The zero-order valence-electron chi connectivity index (χ0n) is 18.8. The van der Waals surface area contributed by atoms with Crippen molar-refractivity contribution in [3.63, 3.8) is 0 Å². The van der Waals surface area contributed by atoms with Gasteiger partial charge >= 0.3 is 0 Å². The summed E-state index contributed by atoms with van der Waals surface area (Å²) in [5.41, 5.74) is 4.74. The second kappa shape index (κ2) is 10.4. The highest BCUT2D eigenvalue weighted by molar-refractivity contribution is 7.11. The molecule has 0 spiro atoms. The minimum atomic E-state index is -0.180. The minimum Gasteiger partial charge on any atom is -0.396 e. The molecule has 1 saturated heterocycles. The van der Waals surface area contributed by atoms with Crippen molar-refractivity contribution < 1.29 is 9.90 Å². The van der Waals surface area contributed by atoms with Crippen molar-refractivity contribution in [3.05, 3.63) is 63.2 Å². The van der Waals surface area contributed by atoms with Crippen LogP contribution in [0.1, 0.15) is 63.4 Å². The van der Waals surface area contributed by atoms with E-state index in [-0.39, 0.29) is 24.6 Å². The number of hydrogen-bond donors (Lipinski definition) is 4. The number of piperidine rings is 1. The van der Waals surface area contributed by atoms with Crippen molar-refractivity contribution in [2.45, 2.75) is 58.0 Å². The Morgan fingerprint density at radius 2 is 2.03 bits per heavy atom. The molecule has 4 rings (SSSR count). The molecule has 1 fully saturated rings. The molecule has 0 saturated carbocycles. The molecule has 6 nitrogen and oxygen atoms in total. The molecule has 1 amide bonds. The number of hydrogen-bond acceptors (Lipinski definition) is 5. The third-order valence-electron chi connectivity index (χ3n) is 6.07. The molecule has 3 heterocycles. The topological polar surface area (TPSA) is 90.0 Å². The first kappa shape index (κ1) is 22.7. The number of H-pyrrole nitrogens is 1. The molecular weight excluding hydrogens is 420 g/mol. The molecule has 4 N–H and O–H groups in total. The number of thiazole rings is 1. The van der Waals surface area contributed by atoms with Crippen LogP contribution < -0.4 is 10.6 Å². The number of aromatic nitrogens is 2. The number of carbonyl (C=O) groups excluding carboxylic acids is 1. The van der Waals surface area contributed by atoms with Gasteiger partial charge in [-0.25, -0.2) is 4.98 Å². The number of carbonyl (C=O) groups is 1. The van der Waals surface area contributed by atoms with Crippen LogP contribution in [0.25, 0.3) is 11.3 Å². The van der Waals surface area contributed by atoms with Crippen LogP contribution in [0.15, 0.2) is 36.4 Å². The van der Waals surface area contributed by atoms with Gasteiger partial charge in [0.1, 0.15) is 10.7 Å². The summed E-state index contributed by atoms with van der Waals surface area (Å²) >= 11 is 1.65. The van der Waals surface area contributed by atoms with E-state index in [1.807, 2.05) is 19.1 Å². The largest absolute Gasteiger partial charge is 0.396 e. The van der Waals surface area contributed by atoms with Gasteiger partial charge in [0.25, 0.3) is 5.91 Å². The molecule has 0 radical (unpaired) electrons. The summed E-state index contributed by atoms with van der Waals surface area (Å²) in [7, 11) is 0. The van der Waals surface area contributed by atoms with E-state index >= 15 is 0 Å². The highest BCUT2D eigenvalue weighted by Gasteiger charge is 2.30. The number of aromatic amines is 1. The van der Waals surface area contributed by atoms with E-state index < -0.39 is 0 Å². The molecular formula is C25H32N4O2S. The average Bonchev–Trinajstić information content (AvgIpc) is 3.44. The van der Waals surface area contributed by atoms with Crippen LogP contribution in [0.5, 0.6) is 0 Å². The van der Waals surface area contributed by atoms with E-state index in [9.17, 15) is 9.90 Å². The zero-order chi connectivity index (χ0) is 22.5. The molecule has 1 aromatic carbocycles. The van der Waals surface area contributed by atoms with Crippen LogP contribution in [0, 0.1) is 13.8 Å². The van der Waals surface area contributed by atoms with Crippen LogP contribution >= 0.6 is 11.3 Å². The average molecular weight is 453 g/mol. The van der Waals surface area contributed by atoms with E-state index in [0.29, 0.717) is 5.69 Å². The second-order valence-corrected chi connectivity index (χ2v) is 9.66. The Morgan fingerprint density at radius 1 is 1.22 bits per heavy atom. The van der Waals surface area contributed by atoms with Gasteiger partial charge in [-0.05, 0) is 63.8 Å². The molecule has 7 heteroatoms. The summed E-state index contributed by atoms with van der Waals surface area (Å²) in [5.74, 6) is -0.120. The molecule has 1 aliphatic heterocycles. The Balaban J connectivity index is 1.54. The Morgan fingerprint density at radius 3 is 2.75 bits per heavy atom. The number of amides is 1. The van der Waals surface area contributed by atoms with Gasteiger partial charge < -0.3 is 20.7 Å². The van der Waals surface area contributed by atoms with Crippen LogP contribution in [-0.4, -0.2) is 40.2 Å². The molecule has 32 heavy (non-hydrogen) atoms. The van der Waals surface area contributed by atoms with E-state index in [1.165, 1.54) is 10.4 Å². The van der Waals surface area contributed by atoms with Crippen LogP contribution in [0.3, 0.4) is 0 Å². The number of nitrogens with one attached hydrogen (secondary N) is 3. The lowest BCUT2D eigenvalue weighted by molar-refractivity contribution is 0.0918. The molecule has 2 unspecified atom stereocenters. The zero-order valence-corrected chi connectivity index (χ0v) is 19.6. The van der Waals surface area contributed by atoms with Gasteiger partial charge in [-0.1, -0.05) is 36.2 Å². The SMILES string of the molecule is Cc1ccc(-c2ccc(C(=O)NC(c3nc(C)c(CCCO)s3)C3CCCCN3)[nH]2)cc1. The van der Waals surface area contributed by atoms with E-state index in [0.717, 1.165) is 60.6 Å². The van der Waals surface area contributed by atoms with Crippen molar-refractivity contribution in [1.82, 2.24) is 20.6 Å². The van der Waals surface area contributed by atoms with E-state index in [1.54, 1.807) is 11.3 Å². The van der Waals surface area contributed by atoms with Gasteiger partial charge in [-0.15, -0.1) is 11.3 Å². The third kappa shape index (κ3) is 5.28. The Bertz CT molecular complexity index is 1030. The van der Waals surface area contributed by atoms with Gasteiger partial charge in [0, 0.05) is 23.2 Å². The fraction of sp³-hybridized carbons (Fsp3) is 0.440. The Kier molecular flexibility index (Phi) is 7.40. The normalized spacial score (nSPS) is 17.3. The summed E-state index contributed by atoms with van der Waals surface area (Å²) in [6, 6.07) is 12.0. The highest BCUT2D eigenvalue weighted by atomic mass is 32.1. The van der Waals surface area contributed by atoms with Gasteiger partial charge in [0.2, 0.25) is 0 Å². The Hall–Kier alpha value is -2.48. The maximum absolute atomic E-state index is 13.2. The van der Waals surface area contributed by atoms with Crippen molar-refractivity contribution in [1.29, 1.82) is 0 Å². The minimum absolute atomic E-state index is 0.120. The molecule has 170 valence electrons. The standard InChI is InChI=1S/C25H32N4O2S/c1-16-8-10-18(11-9-16)19-12-13-21(28-19)24(31)29-23(20-6-3-4-14-26-20)25-27-17(2)22(32-25)7-5-15-30/h8-13,20,23,26,28,30H,3-7,14-15H2,1-2H3,(H,29,31). The predicted molar refractivity (Wildman–Crippen MR) is 129 cm³/mol. The second-order valence-electron chi connectivity index (χ2n) is 8.55. The number of benzene rings is 1. The fourth-order valence-electron chi connectivity index (χ4n) is 4.20. The van der Waals surface area contributed by atoms with E-state index in [4.69, 9.17) is 4.98 Å². The smallest absolute Gasteiger partial charge is 0.268 e. The number of nitrogens with zero attached hydrogens (tertiary/aromatic N) is 1. The third-order valence-corrected chi connectivity index (χ3v) is 7.37. The van der Waals surface area contributed by atoms with Crippen LogP contribution in [-0.2, 0) is 6.42 Å². The van der Waals surface area contributed by atoms with Gasteiger partial charge in [0.05, 0.1) is 11.7 Å². The number of aliphatic hydroxyl groups is 1. The first-order chi connectivity index (χ1) is 15.5. The van der Waals surface area contributed by atoms with Crippen molar-refractivity contribution >= 4 is 17.2 Å². The first-order valence-electron chi connectivity index (χ1n) is 11.4. The van der Waals surface area contributed by atoms with Crippen molar-refractivity contribution in [2.24, 2.45) is 0 Å². The molecule has 1 aliphatic rings. The summed E-state index contributed by atoms with van der Waals surface area (Å²) in [4.78, 5) is 22.5. The maximum Gasteiger partial charge on any atom is 0.268 e. The fourth-order valence-corrected chi connectivity index (χ4v) is 5.43. The number of aliphatic hydroxyl groups excluding tert-OH is 1. The highest BCUT2D eigenvalue weighted by Crippen LogP contribution is 2.30. The van der Waals surface area contributed by atoms with Gasteiger partial charge in [-0.3, -0.25) is 4.79 Å². The maximum atomic E-state index is 13.2. The lowest BCUT2D eigenvalue weighted by atomic mass is 9.98. The summed E-state index contributed by atoms with van der Waals surface area (Å²) in [6.07, 6.45) is 4.85. The van der Waals surface area contributed by atoms with E-state index in [2.05, 4.69) is 46.8 Å². The van der Waals surface area contributed by atoms with Crippen LogP contribution in [0.2, 0.25) is 0 Å². The lowest BCUT2D eigenvalue weighted by Gasteiger charge is -2.30. The molecule has 2 atom stereocenters. The first-order valence-corrected chi connectivity index (χ1v) is 12.2. The lowest BCUT2D eigenvalue weighted by Crippen LogP contribution is -2.46. The van der Waals surface area contributed by atoms with Crippen molar-refractivity contribution in [3.8, 4) is 11.3 Å². The molecule has 0 aliphatic carbocycles. The molecule has 3 aromatic rings. The summed E-state index contributed by atoms with van der Waals surface area (Å²) in [6.45, 7) is 5.21. The van der Waals surface area contributed by atoms with Gasteiger partial charge in [-0.2, -0.15) is 0 Å². The summed E-state index contributed by atoms with van der Waals surface area (Å²) in [5, 5.41) is 17.0.